The summed E-state index contributed by atoms with van der Waals surface area (Å²) in [6.07, 6.45) is 4.48. The van der Waals surface area contributed by atoms with Crippen LogP contribution < -0.4 is 5.32 Å². The first-order chi connectivity index (χ1) is 14.0. The number of methoxy groups -OCH3 is 1. The van der Waals surface area contributed by atoms with Crippen LogP contribution in [0.15, 0.2) is 48.9 Å². The van der Waals surface area contributed by atoms with Crippen LogP contribution in [0, 0.1) is 6.92 Å². The van der Waals surface area contributed by atoms with Crippen molar-refractivity contribution in [3.8, 4) is 32.5 Å². The van der Waals surface area contributed by atoms with Gasteiger partial charge in [-0.15, -0.1) is 11.3 Å². The smallest absolute Gasteiger partial charge is 0.412 e. The number of ether oxygens (including phenoxy) is 1. The van der Waals surface area contributed by atoms with E-state index in [4.69, 9.17) is 16.6 Å². The maximum absolute atomic E-state index is 11.5. The van der Waals surface area contributed by atoms with Gasteiger partial charge in [0, 0.05) is 29.7 Å². The van der Waals surface area contributed by atoms with Crippen molar-refractivity contribution in [3.05, 3.63) is 59.5 Å². The highest BCUT2D eigenvalue weighted by Gasteiger charge is 2.20. The van der Waals surface area contributed by atoms with Gasteiger partial charge in [0.15, 0.2) is 0 Å². The van der Waals surface area contributed by atoms with E-state index in [0.29, 0.717) is 16.7 Å². The number of halogens is 1. The van der Waals surface area contributed by atoms with Gasteiger partial charge in [-0.3, -0.25) is 5.32 Å². The molecule has 3 aromatic heterocycles. The topological polar surface area (TPSA) is 92.8 Å². The van der Waals surface area contributed by atoms with Gasteiger partial charge in [-0.25, -0.2) is 19.7 Å². The number of carbonyl (C=O) groups is 1. The van der Waals surface area contributed by atoms with Crippen LogP contribution in [0.2, 0.25) is 5.02 Å². The highest BCUT2D eigenvalue weighted by Crippen LogP contribution is 2.41. The first-order valence-corrected chi connectivity index (χ1v) is 9.83. The molecule has 2 N–H and O–H groups in total. The summed E-state index contributed by atoms with van der Waals surface area (Å²) in [5.41, 5.74) is 3.44. The number of thiazole rings is 1. The minimum absolute atomic E-state index is 0.374. The van der Waals surface area contributed by atoms with Gasteiger partial charge in [-0.05, 0) is 30.7 Å². The second-order valence-corrected chi connectivity index (χ2v) is 7.57. The average molecular weight is 426 g/mol. The zero-order chi connectivity index (χ0) is 20.4. The van der Waals surface area contributed by atoms with Gasteiger partial charge in [0.25, 0.3) is 0 Å². The molecule has 0 aliphatic rings. The maximum Gasteiger partial charge on any atom is 0.412 e. The normalized spacial score (nSPS) is 10.7. The van der Waals surface area contributed by atoms with Gasteiger partial charge < -0.3 is 9.72 Å². The molecule has 0 fully saturated rings. The molecule has 4 aromatic rings. The molecule has 0 unspecified atom stereocenters. The standard InChI is InChI=1S/C20H16ClN5O2S/c1-11-3-4-13(14(21)9-11)16-17(18-23-7-8-24-18)29-19(26-16)12-5-6-22-15(10-12)25-20(27)28-2/h3-10H,1-2H3,(H,23,24)(H,22,25,27). The quantitative estimate of drug-likeness (QED) is 0.456. The summed E-state index contributed by atoms with van der Waals surface area (Å²) >= 11 is 7.99. The number of nitrogens with one attached hydrogen (secondary N) is 2. The van der Waals surface area contributed by atoms with Crippen LogP contribution >= 0.6 is 22.9 Å². The number of benzene rings is 1. The Hall–Kier alpha value is -3.23. The second kappa shape index (κ2) is 8.02. The van der Waals surface area contributed by atoms with Crippen molar-refractivity contribution in [1.82, 2.24) is 19.9 Å². The summed E-state index contributed by atoms with van der Waals surface area (Å²) in [6, 6.07) is 9.43. The lowest BCUT2D eigenvalue weighted by atomic mass is 10.1. The summed E-state index contributed by atoms with van der Waals surface area (Å²) < 4.78 is 4.62. The maximum atomic E-state index is 11.5. The molecule has 4 rings (SSSR count). The number of pyridine rings is 1. The lowest BCUT2D eigenvalue weighted by Gasteiger charge is -2.05. The van der Waals surface area contributed by atoms with Crippen LogP contribution in [-0.4, -0.2) is 33.1 Å². The van der Waals surface area contributed by atoms with Crippen LogP contribution in [0.1, 0.15) is 5.56 Å². The number of rotatable bonds is 4. The molecular formula is C20H16ClN5O2S. The summed E-state index contributed by atoms with van der Waals surface area (Å²) in [4.78, 5) is 28.8. The summed E-state index contributed by atoms with van der Waals surface area (Å²) in [5, 5.41) is 3.93. The van der Waals surface area contributed by atoms with E-state index in [9.17, 15) is 4.79 Å². The molecular weight excluding hydrogens is 410 g/mol. The van der Waals surface area contributed by atoms with Crippen molar-refractivity contribution in [3.63, 3.8) is 0 Å². The largest absolute Gasteiger partial charge is 0.453 e. The Balaban J connectivity index is 1.82. The van der Waals surface area contributed by atoms with Crippen LogP contribution in [0.5, 0.6) is 0 Å². The third-order valence-corrected chi connectivity index (χ3v) is 5.57. The van der Waals surface area contributed by atoms with E-state index in [-0.39, 0.29) is 0 Å². The second-order valence-electron chi connectivity index (χ2n) is 6.16. The van der Waals surface area contributed by atoms with E-state index < -0.39 is 6.09 Å². The highest BCUT2D eigenvalue weighted by molar-refractivity contribution is 7.18. The van der Waals surface area contributed by atoms with E-state index >= 15 is 0 Å². The molecule has 1 aromatic carbocycles. The van der Waals surface area contributed by atoms with Gasteiger partial charge >= 0.3 is 6.09 Å². The number of carbonyl (C=O) groups excluding carboxylic acids is 1. The third-order valence-electron chi connectivity index (χ3n) is 4.14. The molecule has 146 valence electrons. The zero-order valence-corrected chi connectivity index (χ0v) is 17.1. The summed E-state index contributed by atoms with van der Waals surface area (Å²) in [5.74, 6) is 1.08. The van der Waals surface area contributed by atoms with Crippen LogP contribution in [0.25, 0.3) is 32.5 Å². The Kier molecular flexibility index (Phi) is 5.28. The number of amides is 1. The van der Waals surface area contributed by atoms with Crippen molar-refractivity contribution in [2.75, 3.05) is 12.4 Å². The molecule has 29 heavy (non-hydrogen) atoms. The van der Waals surface area contributed by atoms with Gasteiger partial charge in [0.2, 0.25) is 0 Å². The Bertz CT molecular complexity index is 1170. The molecule has 0 radical (unpaired) electrons. The van der Waals surface area contributed by atoms with Crippen molar-refractivity contribution in [2.24, 2.45) is 0 Å². The van der Waals surface area contributed by atoms with E-state index in [1.807, 2.05) is 31.2 Å². The van der Waals surface area contributed by atoms with E-state index in [1.165, 1.54) is 18.4 Å². The molecule has 0 aliphatic heterocycles. The lowest BCUT2D eigenvalue weighted by Crippen LogP contribution is -2.11. The van der Waals surface area contributed by atoms with Crippen LogP contribution in [0.4, 0.5) is 10.6 Å². The predicted molar refractivity (Wildman–Crippen MR) is 114 cm³/mol. The third kappa shape index (κ3) is 3.98. The molecule has 9 heteroatoms. The van der Waals surface area contributed by atoms with Crippen molar-refractivity contribution in [2.45, 2.75) is 6.92 Å². The van der Waals surface area contributed by atoms with Crippen molar-refractivity contribution < 1.29 is 9.53 Å². The minimum atomic E-state index is -0.586. The number of aromatic amines is 1. The molecule has 0 aliphatic carbocycles. The molecule has 0 saturated carbocycles. The number of hydrogen-bond acceptors (Lipinski definition) is 6. The number of anilines is 1. The van der Waals surface area contributed by atoms with E-state index in [0.717, 1.165) is 32.3 Å². The van der Waals surface area contributed by atoms with Crippen LogP contribution in [-0.2, 0) is 4.74 Å². The number of nitrogens with zero attached hydrogens (tertiary/aromatic N) is 3. The minimum Gasteiger partial charge on any atom is -0.453 e. The van der Waals surface area contributed by atoms with Crippen molar-refractivity contribution >= 4 is 34.8 Å². The fourth-order valence-corrected chi connectivity index (χ4v) is 4.14. The van der Waals surface area contributed by atoms with Gasteiger partial charge in [0.05, 0.1) is 22.7 Å². The number of imidazole rings is 1. The number of aromatic nitrogens is 4. The first-order valence-electron chi connectivity index (χ1n) is 8.63. The Morgan fingerprint density at radius 3 is 2.79 bits per heavy atom. The number of H-pyrrole nitrogens is 1. The van der Waals surface area contributed by atoms with Crippen molar-refractivity contribution in [1.29, 1.82) is 0 Å². The van der Waals surface area contributed by atoms with Crippen LogP contribution in [0.3, 0.4) is 0 Å². The molecule has 0 saturated heterocycles. The fourth-order valence-electron chi connectivity index (χ4n) is 2.78. The fraction of sp³-hybridized carbons (Fsp3) is 0.100. The monoisotopic (exact) mass is 425 g/mol. The summed E-state index contributed by atoms with van der Waals surface area (Å²) in [6.45, 7) is 1.99. The summed E-state index contributed by atoms with van der Waals surface area (Å²) in [7, 11) is 1.30. The Labute approximate surface area is 175 Å². The highest BCUT2D eigenvalue weighted by atomic mass is 35.5. The molecule has 0 atom stereocenters. The SMILES string of the molecule is COC(=O)Nc1cc(-c2nc(-c3ccc(C)cc3Cl)c(-c3ncc[nH]3)s2)ccn1. The Morgan fingerprint density at radius 2 is 2.07 bits per heavy atom. The number of hydrogen-bond donors (Lipinski definition) is 2. The van der Waals surface area contributed by atoms with E-state index in [2.05, 4.69) is 25.0 Å². The van der Waals surface area contributed by atoms with Gasteiger partial charge in [-0.1, -0.05) is 23.7 Å². The predicted octanol–water partition coefficient (Wildman–Crippen LogP) is 5.40. The molecule has 3 heterocycles. The first kappa shape index (κ1) is 19.1. The zero-order valence-electron chi connectivity index (χ0n) is 15.6. The molecule has 0 spiro atoms. The molecule has 7 nitrogen and oxygen atoms in total. The number of aryl methyl sites for hydroxylation is 1. The molecule has 1 amide bonds. The van der Waals surface area contributed by atoms with Gasteiger partial charge in [-0.2, -0.15) is 0 Å². The van der Waals surface area contributed by atoms with E-state index in [1.54, 1.807) is 24.7 Å². The molecule has 0 bridgehead atoms. The lowest BCUT2D eigenvalue weighted by molar-refractivity contribution is 0.187. The van der Waals surface area contributed by atoms with Gasteiger partial charge in [0.1, 0.15) is 16.6 Å². The average Bonchev–Trinajstić information content (AvgIpc) is 3.38. The Morgan fingerprint density at radius 1 is 1.21 bits per heavy atom.